The van der Waals surface area contributed by atoms with Gasteiger partial charge in [-0.1, -0.05) is 149 Å². The molecule has 0 aromatic carbocycles. The van der Waals surface area contributed by atoms with Gasteiger partial charge >= 0.3 is 5.97 Å². The molecule has 0 spiro atoms. The third kappa shape index (κ3) is 42.4. The SMILES string of the molecule is CCCCCCCCCCCCCCCCNC(CCS)C(=O)O.CCCCCCCCCCCC[N+](C)(C)C.[Br-]. The summed E-state index contributed by atoms with van der Waals surface area (Å²) in [5, 5.41) is 12.1. The van der Waals surface area contributed by atoms with E-state index < -0.39 is 12.0 Å². The van der Waals surface area contributed by atoms with Gasteiger partial charge in [-0.2, -0.15) is 12.6 Å². The van der Waals surface area contributed by atoms with E-state index in [4.69, 9.17) is 5.11 Å². The van der Waals surface area contributed by atoms with Crippen LogP contribution in [0.25, 0.3) is 0 Å². The Bertz CT molecular complexity index is 503. The summed E-state index contributed by atoms with van der Waals surface area (Å²) in [5.41, 5.74) is 0. The van der Waals surface area contributed by atoms with Gasteiger partial charge in [0.05, 0.1) is 27.7 Å². The smallest absolute Gasteiger partial charge is 0.320 e. The first-order chi connectivity index (χ1) is 19.3. The molecule has 0 aliphatic rings. The predicted octanol–water partition coefficient (Wildman–Crippen LogP) is 7.45. The Morgan fingerprint density at radius 1 is 0.610 bits per heavy atom. The number of quaternary nitrogens is 1. The molecule has 0 aliphatic heterocycles. The molecule has 0 saturated heterocycles. The van der Waals surface area contributed by atoms with Crippen LogP contribution in [0.5, 0.6) is 0 Å². The summed E-state index contributed by atoms with van der Waals surface area (Å²) in [7, 11) is 6.86. The first kappa shape index (κ1) is 45.6. The van der Waals surface area contributed by atoms with E-state index in [2.05, 4.69) is 52.9 Å². The van der Waals surface area contributed by atoms with Gasteiger partial charge in [-0.3, -0.25) is 4.79 Å². The van der Waals surface area contributed by atoms with Crippen molar-refractivity contribution in [3.05, 3.63) is 0 Å². The normalized spacial score (nSPS) is 12.0. The molecule has 0 fully saturated rings. The van der Waals surface area contributed by atoms with E-state index in [9.17, 15) is 4.79 Å². The van der Waals surface area contributed by atoms with Gasteiger partial charge in [0.25, 0.3) is 0 Å². The van der Waals surface area contributed by atoms with Crippen molar-refractivity contribution in [3.8, 4) is 0 Å². The molecule has 0 rings (SSSR count). The van der Waals surface area contributed by atoms with Crippen LogP contribution >= 0.6 is 12.6 Å². The van der Waals surface area contributed by atoms with Crippen LogP contribution in [-0.4, -0.2) is 61.6 Å². The summed E-state index contributed by atoms with van der Waals surface area (Å²) in [4.78, 5) is 11.0. The highest BCUT2D eigenvalue weighted by Gasteiger charge is 2.14. The van der Waals surface area contributed by atoms with Crippen LogP contribution in [0.3, 0.4) is 0 Å². The lowest BCUT2D eigenvalue weighted by Crippen LogP contribution is -3.00. The number of nitrogens with one attached hydrogen (secondary N) is 1. The number of hydrogen-bond acceptors (Lipinski definition) is 3. The lowest BCUT2D eigenvalue weighted by molar-refractivity contribution is -0.870. The zero-order valence-electron chi connectivity index (χ0n) is 28.5. The molecule has 6 heteroatoms. The standard InChI is InChI=1S/C20H41NO2S.C15H34N.BrH/c1-2-3-4-5-6-7-8-9-10-11-12-13-14-15-17-21-19(16-18-24)20(22)23;1-5-6-7-8-9-10-11-12-13-14-15-16(2,3)4;/h19,21,24H,2-18H2,1H3,(H,22,23);5-15H2,1-4H3;1H/q;+1;/p-1. The van der Waals surface area contributed by atoms with Crippen LogP contribution in [-0.2, 0) is 4.79 Å². The molecule has 0 aromatic rings. The number of aliphatic carboxylic acids is 1. The minimum atomic E-state index is -0.755. The van der Waals surface area contributed by atoms with Gasteiger partial charge in [0.2, 0.25) is 0 Å². The summed E-state index contributed by atoms with van der Waals surface area (Å²) in [6.07, 6.45) is 33.9. The minimum Gasteiger partial charge on any atom is -1.00 e. The number of nitrogens with zero attached hydrogens (tertiary/aromatic N) is 1. The fourth-order valence-corrected chi connectivity index (χ4v) is 5.37. The largest absolute Gasteiger partial charge is 1.00 e. The van der Waals surface area contributed by atoms with Crippen LogP contribution in [0.1, 0.15) is 174 Å². The summed E-state index contributed by atoms with van der Waals surface area (Å²) < 4.78 is 1.12. The van der Waals surface area contributed by atoms with Crippen LogP contribution in [0, 0.1) is 0 Å². The van der Waals surface area contributed by atoms with Crippen molar-refractivity contribution < 1.29 is 31.4 Å². The molecule has 0 saturated carbocycles. The molecule has 41 heavy (non-hydrogen) atoms. The maximum absolute atomic E-state index is 11.0. The zero-order valence-corrected chi connectivity index (χ0v) is 31.0. The second kappa shape index (κ2) is 36.4. The molecule has 0 bridgehead atoms. The third-order valence-corrected chi connectivity index (χ3v) is 8.08. The minimum absolute atomic E-state index is 0. The Balaban J connectivity index is -0.000000742. The Labute approximate surface area is 274 Å². The number of rotatable bonds is 30. The Morgan fingerprint density at radius 3 is 1.22 bits per heavy atom. The Kier molecular flexibility index (Phi) is 40.5. The fraction of sp³-hybridized carbons (Fsp3) is 0.971. The molecule has 0 heterocycles. The number of unbranched alkanes of at least 4 members (excludes halogenated alkanes) is 22. The van der Waals surface area contributed by atoms with Gasteiger partial charge < -0.3 is 31.9 Å². The number of carboxylic acid groups (broad SMARTS) is 1. The second-order valence-electron chi connectivity index (χ2n) is 13.1. The molecule has 0 aliphatic carbocycles. The molecule has 0 amide bonds. The number of carbonyl (C=O) groups is 1. The summed E-state index contributed by atoms with van der Waals surface area (Å²) in [5.74, 6) is -0.141. The van der Waals surface area contributed by atoms with Gasteiger partial charge in [0, 0.05) is 0 Å². The molecular formula is C35H75BrN2O2S. The van der Waals surface area contributed by atoms with Crippen LogP contribution in [0.4, 0.5) is 0 Å². The van der Waals surface area contributed by atoms with Crippen molar-refractivity contribution in [2.75, 3.05) is 40.0 Å². The van der Waals surface area contributed by atoms with Gasteiger partial charge in [-0.05, 0) is 38.0 Å². The molecule has 2 N–H and O–H groups in total. The van der Waals surface area contributed by atoms with E-state index in [-0.39, 0.29) is 17.0 Å². The molecule has 0 aromatic heterocycles. The van der Waals surface area contributed by atoms with Crippen molar-refractivity contribution in [1.82, 2.24) is 5.32 Å². The average molecular weight is 668 g/mol. The quantitative estimate of drug-likeness (QED) is 0.0424. The van der Waals surface area contributed by atoms with Gasteiger partial charge in [0.1, 0.15) is 6.04 Å². The number of hydrogen-bond donors (Lipinski definition) is 3. The lowest BCUT2D eigenvalue weighted by Gasteiger charge is -2.23. The highest BCUT2D eigenvalue weighted by atomic mass is 79.9. The molecule has 1 unspecified atom stereocenters. The lowest BCUT2D eigenvalue weighted by atomic mass is 10.0. The molecule has 0 radical (unpaired) electrons. The second-order valence-corrected chi connectivity index (χ2v) is 13.6. The van der Waals surface area contributed by atoms with Crippen LogP contribution in [0.15, 0.2) is 0 Å². The van der Waals surface area contributed by atoms with Gasteiger partial charge in [-0.15, -0.1) is 0 Å². The Hall–Kier alpha value is 0.220. The van der Waals surface area contributed by atoms with Crippen molar-refractivity contribution >= 4 is 18.6 Å². The van der Waals surface area contributed by atoms with E-state index >= 15 is 0 Å². The molecular weight excluding hydrogens is 592 g/mol. The molecule has 1 atom stereocenters. The van der Waals surface area contributed by atoms with Crippen molar-refractivity contribution in [3.63, 3.8) is 0 Å². The van der Waals surface area contributed by atoms with Gasteiger partial charge in [0.15, 0.2) is 0 Å². The number of thiol groups is 1. The maximum Gasteiger partial charge on any atom is 0.320 e. The molecule has 4 nitrogen and oxygen atoms in total. The van der Waals surface area contributed by atoms with E-state index in [1.807, 2.05) is 0 Å². The maximum atomic E-state index is 11.0. The monoisotopic (exact) mass is 666 g/mol. The van der Waals surface area contributed by atoms with Crippen LogP contribution in [0.2, 0.25) is 0 Å². The summed E-state index contributed by atoms with van der Waals surface area (Å²) in [6, 6.07) is -0.426. The van der Waals surface area contributed by atoms with Crippen molar-refractivity contribution in [2.45, 2.75) is 180 Å². The van der Waals surface area contributed by atoms with Crippen LogP contribution < -0.4 is 22.3 Å². The zero-order chi connectivity index (χ0) is 30.2. The highest BCUT2D eigenvalue weighted by Crippen LogP contribution is 2.13. The first-order valence-electron chi connectivity index (χ1n) is 17.7. The van der Waals surface area contributed by atoms with E-state index in [0.717, 1.165) is 17.4 Å². The highest BCUT2D eigenvalue weighted by molar-refractivity contribution is 7.80. The van der Waals surface area contributed by atoms with Crippen molar-refractivity contribution in [2.24, 2.45) is 0 Å². The van der Waals surface area contributed by atoms with E-state index in [0.29, 0.717) is 12.2 Å². The number of halogens is 1. The third-order valence-electron chi connectivity index (χ3n) is 7.82. The fourth-order valence-electron chi connectivity index (χ4n) is 5.11. The summed E-state index contributed by atoms with van der Waals surface area (Å²) >= 11 is 4.10. The molecule has 250 valence electrons. The van der Waals surface area contributed by atoms with E-state index in [1.54, 1.807) is 0 Å². The Morgan fingerprint density at radius 2 is 0.927 bits per heavy atom. The summed E-state index contributed by atoms with van der Waals surface area (Å²) in [6.45, 7) is 6.69. The first-order valence-corrected chi connectivity index (χ1v) is 18.3. The van der Waals surface area contributed by atoms with Crippen molar-refractivity contribution in [1.29, 1.82) is 0 Å². The predicted molar refractivity (Wildman–Crippen MR) is 183 cm³/mol. The topological polar surface area (TPSA) is 49.3 Å². The number of carboxylic acids is 1. The van der Waals surface area contributed by atoms with E-state index in [1.165, 1.54) is 154 Å². The average Bonchev–Trinajstić information content (AvgIpc) is 2.91. The van der Waals surface area contributed by atoms with Gasteiger partial charge in [-0.25, -0.2) is 0 Å².